The average molecular weight is 225 g/mol. The first-order valence-corrected chi connectivity index (χ1v) is 3.74. The lowest BCUT2D eigenvalue weighted by Crippen LogP contribution is -2.08. The Balaban J connectivity index is 3.50. The lowest BCUT2D eigenvalue weighted by atomic mass is 10.1. The Labute approximate surface area is 81.7 Å². The van der Waals surface area contributed by atoms with Gasteiger partial charge in [0.1, 0.15) is 5.56 Å². The maximum Gasteiger partial charge on any atom is 0.266 e. The largest absolute Gasteiger partial charge is 0.397 e. The number of nitrogens with two attached hydrogens (primary N) is 1. The number of alkyl halides is 2. The van der Waals surface area contributed by atoms with Crippen LogP contribution in [-0.4, -0.2) is 10.2 Å². The summed E-state index contributed by atoms with van der Waals surface area (Å²) < 4.78 is 37.5. The number of aromatic nitrogens is 1. The predicted octanol–water partition coefficient (Wildman–Crippen LogP) is 2.12. The topological polar surface area (TPSA) is 56.0 Å². The number of hydrogen-bond acceptors (Lipinski definition) is 3. The van der Waals surface area contributed by atoms with Crippen LogP contribution in [0, 0.1) is 5.95 Å². The van der Waals surface area contributed by atoms with Gasteiger partial charge >= 0.3 is 0 Å². The van der Waals surface area contributed by atoms with Crippen LogP contribution in [0.2, 0.25) is 0 Å². The number of nitrogen functional groups attached to an aromatic ring is 1. The van der Waals surface area contributed by atoms with Gasteiger partial charge in [0.05, 0.1) is 17.4 Å². The van der Waals surface area contributed by atoms with E-state index in [1.807, 2.05) is 0 Å². The van der Waals surface area contributed by atoms with Gasteiger partial charge < -0.3 is 5.73 Å². The second-order valence-electron chi connectivity index (χ2n) is 2.37. The van der Waals surface area contributed by atoms with Crippen LogP contribution in [0.1, 0.15) is 22.3 Å². The van der Waals surface area contributed by atoms with Crippen LogP contribution in [0.4, 0.5) is 18.9 Å². The zero-order valence-corrected chi connectivity index (χ0v) is 7.36. The first kappa shape index (κ1) is 10.8. The lowest BCUT2D eigenvalue weighted by Gasteiger charge is -2.07. The van der Waals surface area contributed by atoms with Gasteiger partial charge in [-0.15, -0.1) is 0 Å². The quantitative estimate of drug-likeness (QED) is 0.618. The summed E-state index contributed by atoms with van der Waals surface area (Å²) in [5, 5.41) is -1.35. The molecule has 0 unspecified atom stereocenters. The minimum absolute atomic E-state index is 0.467. The number of nitrogens with zero attached hydrogens (tertiary/aromatic N) is 1. The summed E-state index contributed by atoms with van der Waals surface area (Å²) in [6, 6.07) is 0. The van der Waals surface area contributed by atoms with Gasteiger partial charge in [0.2, 0.25) is 5.95 Å². The van der Waals surface area contributed by atoms with Crippen LogP contribution in [0.25, 0.3) is 0 Å². The van der Waals surface area contributed by atoms with Crippen molar-refractivity contribution in [1.82, 2.24) is 4.98 Å². The maximum atomic E-state index is 12.8. The Morgan fingerprint density at radius 1 is 1.57 bits per heavy atom. The molecular weight excluding hydrogens is 221 g/mol. The van der Waals surface area contributed by atoms with Gasteiger partial charge in [0.25, 0.3) is 11.7 Å². The van der Waals surface area contributed by atoms with Crippen LogP contribution in [0.5, 0.6) is 0 Å². The van der Waals surface area contributed by atoms with Crippen molar-refractivity contribution in [2.75, 3.05) is 5.73 Å². The standard InChI is InChI=1S/C7H4ClF3N2O/c8-5(14)4-3(6(9)10)2(12)1-13-7(4)11/h1,6H,12H2. The van der Waals surface area contributed by atoms with E-state index in [2.05, 4.69) is 4.98 Å². The molecule has 0 aromatic carbocycles. The number of carbonyl (C=O) groups excluding carboxylic acids is 1. The summed E-state index contributed by atoms with van der Waals surface area (Å²) in [5.41, 5.74) is 2.75. The van der Waals surface area contributed by atoms with Gasteiger partial charge in [-0.1, -0.05) is 0 Å². The van der Waals surface area contributed by atoms with Crippen LogP contribution >= 0.6 is 11.6 Å². The molecule has 2 N–H and O–H groups in total. The smallest absolute Gasteiger partial charge is 0.266 e. The van der Waals surface area contributed by atoms with Crippen molar-refractivity contribution in [1.29, 1.82) is 0 Å². The molecule has 1 heterocycles. The summed E-state index contributed by atoms with van der Waals surface area (Å²) in [6.07, 6.45) is -2.37. The Morgan fingerprint density at radius 2 is 2.14 bits per heavy atom. The van der Waals surface area contributed by atoms with Crippen molar-refractivity contribution < 1.29 is 18.0 Å². The molecule has 0 saturated heterocycles. The van der Waals surface area contributed by atoms with Gasteiger partial charge in [-0.25, -0.2) is 13.8 Å². The van der Waals surface area contributed by atoms with E-state index >= 15 is 0 Å². The number of hydrogen-bond donors (Lipinski definition) is 1. The minimum atomic E-state index is -3.08. The van der Waals surface area contributed by atoms with E-state index in [0.717, 1.165) is 0 Å². The van der Waals surface area contributed by atoms with Crippen LogP contribution in [-0.2, 0) is 0 Å². The third-order valence-corrected chi connectivity index (χ3v) is 1.71. The van der Waals surface area contributed by atoms with Gasteiger partial charge in [0, 0.05) is 0 Å². The summed E-state index contributed by atoms with van der Waals surface area (Å²) in [4.78, 5) is 13.7. The monoisotopic (exact) mass is 224 g/mol. The number of carbonyl (C=O) groups is 1. The fourth-order valence-corrected chi connectivity index (χ4v) is 1.12. The molecule has 0 radical (unpaired) electrons. The molecule has 76 valence electrons. The number of pyridine rings is 1. The SMILES string of the molecule is Nc1cnc(F)c(C(=O)Cl)c1C(F)F. The second-order valence-corrected chi connectivity index (χ2v) is 2.71. The highest BCUT2D eigenvalue weighted by Crippen LogP contribution is 2.30. The molecule has 7 heteroatoms. The van der Waals surface area contributed by atoms with Crippen molar-refractivity contribution in [2.24, 2.45) is 0 Å². The van der Waals surface area contributed by atoms with Crippen molar-refractivity contribution >= 4 is 22.5 Å². The molecule has 0 atom stereocenters. The summed E-state index contributed by atoms with van der Waals surface area (Å²) in [5.74, 6) is -1.35. The summed E-state index contributed by atoms with van der Waals surface area (Å²) >= 11 is 4.92. The molecule has 0 aliphatic heterocycles. The third-order valence-electron chi connectivity index (χ3n) is 1.52. The average Bonchev–Trinajstić information content (AvgIpc) is 2.07. The second kappa shape index (κ2) is 3.83. The van der Waals surface area contributed by atoms with E-state index in [4.69, 9.17) is 17.3 Å². The summed E-state index contributed by atoms with van der Waals surface area (Å²) in [7, 11) is 0. The van der Waals surface area contributed by atoms with Gasteiger partial charge in [-0.05, 0) is 11.6 Å². The van der Waals surface area contributed by atoms with Crippen molar-refractivity contribution in [2.45, 2.75) is 6.43 Å². The molecule has 1 aromatic rings. The zero-order chi connectivity index (χ0) is 10.9. The molecule has 1 rings (SSSR count). The Morgan fingerprint density at radius 3 is 2.50 bits per heavy atom. The van der Waals surface area contributed by atoms with Crippen molar-refractivity contribution in [3.8, 4) is 0 Å². The van der Waals surface area contributed by atoms with E-state index in [1.165, 1.54) is 0 Å². The van der Waals surface area contributed by atoms with E-state index in [0.29, 0.717) is 6.20 Å². The predicted molar refractivity (Wildman–Crippen MR) is 43.7 cm³/mol. The molecule has 0 fully saturated rings. The normalized spacial score (nSPS) is 10.6. The molecule has 0 bridgehead atoms. The summed E-state index contributed by atoms with van der Waals surface area (Å²) in [6.45, 7) is 0. The number of rotatable bonds is 2. The van der Waals surface area contributed by atoms with E-state index in [-0.39, 0.29) is 0 Å². The number of anilines is 1. The Hall–Kier alpha value is -1.30. The zero-order valence-electron chi connectivity index (χ0n) is 6.60. The molecule has 0 amide bonds. The molecule has 3 nitrogen and oxygen atoms in total. The Kier molecular flexibility index (Phi) is 2.95. The fourth-order valence-electron chi connectivity index (χ4n) is 0.938. The molecule has 0 aliphatic carbocycles. The highest BCUT2D eigenvalue weighted by atomic mass is 35.5. The van der Waals surface area contributed by atoms with E-state index in [9.17, 15) is 18.0 Å². The van der Waals surface area contributed by atoms with Crippen LogP contribution in [0.15, 0.2) is 6.20 Å². The lowest BCUT2D eigenvalue weighted by molar-refractivity contribution is 0.106. The molecular formula is C7H4ClF3N2O. The van der Waals surface area contributed by atoms with Crippen molar-refractivity contribution in [3.63, 3.8) is 0 Å². The molecule has 0 saturated carbocycles. The molecule has 0 aliphatic rings. The van der Waals surface area contributed by atoms with Crippen molar-refractivity contribution in [3.05, 3.63) is 23.3 Å². The molecule has 1 aromatic heterocycles. The molecule has 0 spiro atoms. The van der Waals surface area contributed by atoms with Gasteiger partial charge in [0.15, 0.2) is 0 Å². The highest BCUT2D eigenvalue weighted by molar-refractivity contribution is 6.68. The minimum Gasteiger partial charge on any atom is -0.397 e. The maximum absolute atomic E-state index is 12.8. The highest BCUT2D eigenvalue weighted by Gasteiger charge is 2.24. The number of halogens is 4. The van der Waals surface area contributed by atoms with Crippen LogP contribution in [0.3, 0.4) is 0 Å². The van der Waals surface area contributed by atoms with Gasteiger partial charge in [-0.3, -0.25) is 4.79 Å². The first-order valence-electron chi connectivity index (χ1n) is 3.37. The van der Waals surface area contributed by atoms with E-state index < -0.39 is 34.4 Å². The fraction of sp³-hybridized carbons (Fsp3) is 0.143. The van der Waals surface area contributed by atoms with Gasteiger partial charge in [-0.2, -0.15) is 4.39 Å². The third kappa shape index (κ3) is 1.79. The first-order chi connectivity index (χ1) is 6.45. The Bertz CT molecular complexity index is 383. The molecule has 14 heavy (non-hydrogen) atoms. The van der Waals surface area contributed by atoms with Crippen LogP contribution < -0.4 is 5.73 Å². The van der Waals surface area contributed by atoms with E-state index in [1.54, 1.807) is 0 Å².